The van der Waals surface area contributed by atoms with Gasteiger partial charge in [0.05, 0.1) is 6.61 Å². The first-order valence-electron chi connectivity index (χ1n) is 12.5. The highest BCUT2D eigenvalue weighted by atomic mass is 16.5. The van der Waals surface area contributed by atoms with E-state index in [0.29, 0.717) is 6.61 Å². The maximum atomic E-state index is 6.52. The highest BCUT2D eigenvalue weighted by Crippen LogP contribution is 2.48. The maximum Gasteiger partial charge on any atom is 0.135 e. The number of hydrogen-bond acceptors (Lipinski definition) is 2. The van der Waals surface area contributed by atoms with Crippen LogP contribution >= 0.6 is 0 Å². The molecule has 0 radical (unpaired) electrons. The summed E-state index contributed by atoms with van der Waals surface area (Å²) in [4.78, 5) is 0. The molecule has 8 aromatic carbocycles. The van der Waals surface area contributed by atoms with Gasteiger partial charge in [-0.15, -0.1) is 0 Å². The number of benzene rings is 6. The Balaban J connectivity index is 1.45. The van der Waals surface area contributed by atoms with Crippen LogP contribution < -0.4 is 9.47 Å². The summed E-state index contributed by atoms with van der Waals surface area (Å²) in [5, 5.41) is 15.4. The van der Waals surface area contributed by atoms with Gasteiger partial charge < -0.3 is 9.47 Å². The molecule has 0 spiro atoms. The van der Waals surface area contributed by atoms with Crippen molar-refractivity contribution in [2.45, 2.75) is 6.92 Å². The molecule has 0 aliphatic rings. The summed E-state index contributed by atoms with van der Waals surface area (Å²) in [5.41, 5.74) is 0. The average molecular weight is 463 g/mol. The van der Waals surface area contributed by atoms with Gasteiger partial charge in [0.2, 0.25) is 0 Å². The molecule has 0 saturated heterocycles. The van der Waals surface area contributed by atoms with E-state index in [1.807, 2.05) is 31.2 Å². The molecule has 0 aliphatic carbocycles. The van der Waals surface area contributed by atoms with Gasteiger partial charge in [-0.2, -0.15) is 0 Å². The van der Waals surface area contributed by atoms with Crippen LogP contribution in [-0.4, -0.2) is 6.61 Å². The van der Waals surface area contributed by atoms with E-state index in [2.05, 4.69) is 78.9 Å². The van der Waals surface area contributed by atoms with Crippen molar-refractivity contribution in [1.82, 2.24) is 0 Å². The summed E-state index contributed by atoms with van der Waals surface area (Å²) in [7, 11) is 0. The molecular weight excluding hydrogens is 440 g/mol. The Hall–Kier alpha value is -4.56. The monoisotopic (exact) mass is 462 g/mol. The molecule has 0 unspecified atom stereocenters. The number of ether oxygens (including phenoxy) is 2. The SMILES string of the molecule is CCOc1ccc(Oc2ccc3cccc4c5cc6c(cc5c2c34)c2cccc3cccc6c32)cc1. The molecule has 0 aromatic heterocycles. The predicted octanol–water partition coefficient (Wildman–Crippen LogP) is 9.67. The number of hydrogen-bond donors (Lipinski definition) is 0. The molecule has 8 aromatic rings. The Morgan fingerprint density at radius 1 is 0.472 bits per heavy atom. The fourth-order valence-electron chi connectivity index (χ4n) is 6.10. The molecule has 0 fully saturated rings. The Labute approximate surface area is 207 Å². The first kappa shape index (κ1) is 19.7. The van der Waals surface area contributed by atoms with Crippen LogP contribution in [0.2, 0.25) is 0 Å². The minimum atomic E-state index is 0.649. The fraction of sp³-hybridized carbons (Fsp3) is 0.0588. The third kappa shape index (κ3) is 2.61. The molecule has 0 amide bonds. The molecule has 0 atom stereocenters. The summed E-state index contributed by atoms with van der Waals surface area (Å²) in [6.45, 7) is 2.64. The third-order valence-corrected chi connectivity index (χ3v) is 7.57. The quantitative estimate of drug-likeness (QED) is 0.259. The van der Waals surface area contributed by atoms with Crippen molar-refractivity contribution < 1.29 is 9.47 Å². The van der Waals surface area contributed by atoms with Crippen molar-refractivity contribution in [3.05, 3.63) is 103 Å². The van der Waals surface area contributed by atoms with Gasteiger partial charge in [0.25, 0.3) is 0 Å². The molecule has 170 valence electrons. The van der Waals surface area contributed by atoms with Crippen molar-refractivity contribution in [1.29, 1.82) is 0 Å². The van der Waals surface area contributed by atoms with E-state index in [-0.39, 0.29) is 0 Å². The van der Waals surface area contributed by atoms with Gasteiger partial charge in [-0.25, -0.2) is 0 Å². The maximum absolute atomic E-state index is 6.52. The van der Waals surface area contributed by atoms with Gasteiger partial charge >= 0.3 is 0 Å². The Bertz CT molecular complexity index is 2060. The minimum Gasteiger partial charge on any atom is -0.494 e. The summed E-state index contributed by atoms with van der Waals surface area (Å²) in [6.07, 6.45) is 0. The zero-order chi connectivity index (χ0) is 23.8. The highest BCUT2D eigenvalue weighted by Gasteiger charge is 2.19. The van der Waals surface area contributed by atoms with Crippen molar-refractivity contribution in [2.24, 2.45) is 0 Å². The van der Waals surface area contributed by atoms with E-state index in [1.54, 1.807) is 0 Å². The van der Waals surface area contributed by atoms with Gasteiger partial charge in [-0.3, -0.25) is 0 Å². The smallest absolute Gasteiger partial charge is 0.135 e. The topological polar surface area (TPSA) is 18.5 Å². The predicted molar refractivity (Wildman–Crippen MR) is 152 cm³/mol. The minimum absolute atomic E-state index is 0.649. The van der Waals surface area contributed by atoms with Crippen LogP contribution in [-0.2, 0) is 0 Å². The second kappa shape index (κ2) is 7.22. The Morgan fingerprint density at radius 2 is 1.03 bits per heavy atom. The third-order valence-electron chi connectivity index (χ3n) is 7.57. The first-order valence-corrected chi connectivity index (χ1v) is 12.5. The zero-order valence-corrected chi connectivity index (χ0v) is 19.8. The fourth-order valence-corrected chi connectivity index (χ4v) is 6.10. The summed E-state index contributed by atoms with van der Waals surface area (Å²) >= 11 is 0. The van der Waals surface area contributed by atoms with Crippen LogP contribution in [0, 0.1) is 0 Å². The summed E-state index contributed by atoms with van der Waals surface area (Å²) < 4.78 is 12.1. The standard InChI is InChI=1S/C34H22O2/c1-2-35-22-13-15-23(16-14-22)36-31-17-12-21-8-5-11-26-29-18-27-24-9-3-6-20-7-4-10-25(32(20)24)28(27)19-30(29)34(31)33(21)26/h3-19H,2H2,1H3. The van der Waals surface area contributed by atoms with Gasteiger partial charge in [0.15, 0.2) is 0 Å². The van der Waals surface area contributed by atoms with Gasteiger partial charge in [-0.05, 0) is 103 Å². The lowest BCUT2D eigenvalue weighted by Crippen LogP contribution is -1.91. The van der Waals surface area contributed by atoms with Gasteiger partial charge in [0.1, 0.15) is 17.2 Å². The summed E-state index contributed by atoms with van der Waals surface area (Å²) in [6, 6.07) is 36.8. The van der Waals surface area contributed by atoms with Crippen molar-refractivity contribution >= 4 is 64.6 Å². The highest BCUT2D eigenvalue weighted by molar-refractivity contribution is 6.38. The molecule has 0 bridgehead atoms. The van der Waals surface area contributed by atoms with Crippen LogP contribution in [0.5, 0.6) is 17.2 Å². The van der Waals surface area contributed by atoms with E-state index in [0.717, 1.165) is 17.2 Å². The van der Waals surface area contributed by atoms with Crippen molar-refractivity contribution in [2.75, 3.05) is 6.61 Å². The molecule has 36 heavy (non-hydrogen) atoms. The normalized spacial score (nSPS) is 12.1. The van der Waals surface area contributed by atoms with Crippen molar-refractivity contribution in [3.63, 3.8) is 0 Å². The lowest BCUT2D eigenvalue weighted by Gasteiger charge is -2.10. The molecule has 2 heteroatoms. The molecule has 2 nitrogen and oxygen atoms in total. The van der Waals surface area contributed by atoms with Gasteiger partial charge in [-0.1, -0.05) is 60.7 Å². The Morgan fingerprint density at radius 3 is 1.69 bits per heavy atom. The first-order chi connectivity index (χ1) is 17.8. The van der Waals surface area contributed by atoms with E-state index < -0.39 is 0 Å². The molecule has 0 aliphatic heterocycles. The van der Waals surface area contributed by atoms with Gasteiger partial charge in [0, 0.05) is 10.8 Å². The Kier molecular flexibility index (Phi) is 3.96. The lowest BCUT2D eigenvalue weighted by molar-refractivity contribution is 0.339. The van der Waals surface area contributed by atoms with E-state index >= 15 is 0 Å². The largest absolute Gasteiger partial charge is 0.494 e. The molecule has 0 saturated carbocycles. The van der Waals surface area contributed by atoms with Crippen molar-refractivity contribution in [3.8, 4) is 17.2 Å². The van der Waals surface area contributed by atoms with Crippen LogP contribution in [0.25, 0.3) is 64.6 Å². The number of rotatable bonds is 4. The molecular formula is C34H22O2. The van der Waals surface area contributed by atoms with Crippen LogP contribution in [0.4, 0.5) is 0 Å². The van der Waals surface area contributed by atoms with E-state index in [9.17, 15) is 0 Å². The van der Waals surface area contributed by atoms with E-state index in [4.69, 9.17) is 9.47 Å². The summed E-state index contributed by atoms with van der Waals surface area (Å²) in [5.74, 6) is 2.54. The van der Waals surface area contributed by atoms with E-state index in [1.165, 1.54) is 64.6 Å². The molecule has 8 rings (SSSR count). The molecule has 0 heterocycles. The second-order valence-corrected chi connectivity index (χ2v) is 9.50. The zero-order valence-electron chi connectivity index (χ0n) is 19.8. The lowest BCUT2D eigenvalue weighted by atomic mass is 10.1. The second-order valence-electron chi connectivity index (χ2n) is 9.50. The van der Waals surface area contributed by atoms with Crippen LogP contribution in [0.3, 0.4) is 0 Å². The average Bonchev–Trinajstić information content (AvgIpc) is 3.41. The van der Waals surface area contributed by atoms with Crippen LogP contribution in [0.1, 0.15) is 6.92 Å². The van der Waals surface area contributed by atoms with Crippen LogP contribution in [0.15, 0.2) is 103 Å². The number of fused-ring (bicyclic) bond motifs is 6. The molecule has 0 N–H and O–H groups in total.